The number of aromatic nitrogens is 2. The van der Waals surface area contributed by atoms with E-state index in [1.807, 2.05) is 0 Å². The Balaban J connectivity index is 2.72. The summed E-state index contributed by atoms with van der Waals surface area (Å²) in [6.07, 6.45) is -4.23. The first-order chi connectivity index (χ1) is 6.79. The molecule has 0 unspecified atom stereocenters. The average molecular weight is 288 g/mol. The monoisotopic (exact) mass is 287 g/mol. The lowest BCUT2D eigenvalue weighted by atomic mass is 10.4. The van der Waals surface area contributed by atoms with Crippen LogP contribution in [0.1, 0.15) is 6.42 Å². The summed E-state index contributed by atoms with van der Waals surface area (Å²) in [4.78, 5) is 9.54. The van der Waals surface area contributed by atoms with Gasteiger partial charge in [0.05, 0.1) is 24.3 Å². The highest BCUT2D eigenvalue weighted by Crippen LogP contribution is 2.24. The van der Waals surface area contributed by atoms with Crippen molar-refractivity contribution in [2.75, 3.05) is 0 Å². The van der Waals surface area contributed by atoms with Gasteiger partial charge in [0, 0.05) is 0 Å². The standard InChI is InChI=1S/C6H5BrF3N3O2/c7-4-3-12(2-1-6(8,9)10)11-5(4)13(14)15/h3H,1-2H2. The predicted molar refractivity (Wildman–Crippen MR) is 47.3 cm³/mol. The predicted octanol–water partition coefficient (Wildman–Crippen LogP) is 2.51. The van der Waals surface area contributed by atoms with Gasteiger partial charge >= 0.3 is 12.0 Å². The first-order valence-electron chi connectivity index (χ1n) is 3.73. The Kier molecular flexibility index (Phi) is 3.32. The van der Waals surface area contributed by atoms with Gasteiger partial charge in [0.2, 0.25) is 0 Å². The van der Waals surface area contributed by atoms with Gasteiger partial charge in [0.1, 0.15) is 4.47 Å². The van der Waals surface area contributed by atoms with Crippen LogP contribution < -0.4 is 0 Å². The Morgan fingerprint density at radius 3 is 2.60 bits per heavy atom. The molecule has 0 fully saturated rings. The lowest BCUT2D eigenvalue weighted by Crippen LogP contribution is -2.12. The molecule has 15 heavy (non-hydrogen) atoms. The number of rotatable bonds is 3. The highest BCUT2D eigenvalue weighted by molar-refractivity contribution is 9.10. The summed E-state index contributed by atoms with van der Waals surface area (Å²) in [5, 5.41) is 13.7. The van der Waals surface area contributed by atoms with E-state index in [2.05, 4.69) is 21.0 Å². The number of nitro groups is 1. The molecule has 1 rings (SSSR count). The number of hydrogen-bond donors (Lipinski definition) is 0. The molecule has 84 valence electrons. The number of nitrogens with zero attached hydrogens (tertiary/aromatic N) is 3. The van der Waals surface area contributed by atoms with Crippen LogP contribution in [0.5, 0.6) is 0 Å². The molecule has 1 heterocycles. The van der Waals surface area contributed by atoms with Gasteiger partial charge in [-0.05, 0) is 20.9 Å². The molecule has 1 aromatic rings. The highest BCUT2D eigenvalue weighted by atomic mass is 79.9. The van der Waals surface area contributed by atoms with Gasteiger partial charge in [-0.2, -0.15) is 17.9 Å². The molecule has 0 aliphatic rings. The van der Waals surface area contributed by atoms with Crippen LogP contribution >= 0.6 is 15.9 Å². The van der Waals surface area contributed by atoms with Gasteiger partial charge in [-0.3, -0.25) is 0 Å². The molecule has 0 atom stereocenters. The molecule has 0 aliphatic heterocycles. The van der Waals surface area contributed by atoms with Crippen molar-refractivity contribution in [1.29, 1.82) is 0 Å². The summed E-state index contributed by atoms with van der Waals surface area (Å²) in [5.41, 5.74) is 0. The van der Waals surface area contributed by atoms with Crippen LogP contribution in [0, 0.1) is 10.1 Å². The van der Waals surface area contributed by atoms with Crippen molar-refractivity contribution in [3.63, 3.8) is 0 Å². The lowest BCUT2D eigenvalue weighted by molar-refractivity contribution is -0.390. The van der Waals surface area contributed by atoms with Crippen molar-refractivity contribution >= 4 is 21.7 Å². The molecule has 0 N–H and O–H groups in total. The van der Waals surface area contributed by atoms with Crippen LogP contribution in [0.2, 0.25) is 0 Å². The van der Waals surface area contributed by atoms with Gasteiger partial charge < -0.3 is 10.1 Å². The summed E-state index contributed by atoms with van der Waals surface area (Å²) in [6, 6.07) is 0. The molecule has 0 saturated carbocycles. The second-order valence-electron chi connectivity index (χ2n) is 2.69. The topological polar surface area (TPSA) is 61.0 Å². The van der Waals surface area contributed by atoms with Gasteiger partial charge in [-0.25, -0.2) is 0 Å². The molecule has 0 amide bonds. The van der Waals surface area contributed by atoms with E-state index in [4.69, 9.17) is 0 Å². The molecular weight excluding hydrogens is 283 g/mol. The second kappa shape index (κ2) is 4.17. The third kappa shape index (κ3) is 3.50. The number of alkyl halides is 3. The fourth-order valence-corrected chi connectivity index (χ4v) is 1.33. The van der Waals surface area contributed by atoms with E-state index in [0.717, 1.165) is 10.9 Å². The summed E-state index contributed by atoms with van der Waals surface area (Å²) < 4.78 is 36.4. The minimum Gasteiger partial charge on any atom is -0.358 e. The van der Waals surface area contributed by atoms with Crippen LogP contribution in [0.25, 0.3) is 0 Å². The maximum absolute atomic E-state index is 11.8. The van der Waals surface area contributed by atoms with E-state index in [0.29, 0.717) is 0 Å². The fraction of sp³-hybridized carbons (Fsp3) is 0.500. The van der Waals surface area contributed by atoms with Crippen LogP contribution in [0.3, 0.4) is 0 Å². The molecule has 9 heteroatoms. The smallest absolute Gasteiger partial charge is 0.358 e. The first-order valence-corrected chi connectivity index (χ1v) is 4.53. The quantitative estimate of drug-likeness (QED) is 0.634. The average Bonchev–Trinajstić information content (AvgIpc) is 2.42. The van der Waals surface area contributed by atoms with Crippen molar-refractivity contribution in [2.45, 2.75) is 19.1 Å². The van der Waals surface area contributed by atoms with Gasteiger partial charge in [0.25, 0.3) is 0 Å². The van der Waals surface area contributed by atoms with Crippen molar-refractivity contribution in [2.24, 2.45) is 0 Å². The maximum Gasteiger partial charge on any atom is 0.404 e. The third-order valence-electron chi connectivity index (χ3n) is 1.50. The van der Waals surface area contributed by atoms with E-state index < -0.39 is 29.9 Å². The first kappa shape index (κ1) is 12.0. The maximum atomic E-state index is 11.8. The minimum atomic E-state index is -4.30. The second-order valence-corrected chi connectivity index (χ2v) is 3.54. The fourth-order valence-electron chi connectivity index (χ4n) is 0.866. The van der Waals surface area contributed by atoms with E-state index >= 15 is 0 Å². The van der Waals surface area contributed by atoms with Crippen molar-refractivity contribution in [3.8, 4) is 0 Å². The van der Waals surface area contributed by atoms with E-state index in [1.54, 1.807) is 0 Å². The number of aryl methyl sites for hydroxylation is 1. The van der Waals surface area contributed by atoms with Crippen LogP contribution in [-0.2, 0) is 6.54 Å². The van der Waals surface area contributed by atoms with E-state index in [1.165, 1.54) is 0 Å². The van der Waals surface area contributed by atoms with Crippen LogP contribution in [0.4, 0.5) is 19.0 Å². The van der Waals surface area contributed by atoms with Gasteiger partial charge in [0.15, 0.2) is 0 Å². The number of hydrogen-bond acceptors (Lipinski definition) is 3. The molecule has 0 spiro atoms. The largest absolute Gasteiger partial charge is 0.404 e. The summed E-state index contributed by atoms with van der Waals surface area (Å²) in [6.45, 7) is -0.435. The Bertz CT molecular complexity index is 376. The summed E-state index contributed by atoms with van der Waals surface area (Å²) >= 11 is 2.83. The van der Waals surface area contributed by atoms with Crippen molar-refractivity contribution in [3.05, 3.63) is 20.8 Å². The normalized spacial score (nSPS) is 11.7. The minimum absolute atomic E-state index is 0.0645. The zero-order valence-corrected chi connectivity index (χ0v) is 8.75. The molecule has 0 bridgehead atoms. The van der Waals surface area contributed by atoms with Crippen molar-refractivity contribution in [1.82, 2.24) is 9.78 Å². The Morgan fingerprint density at radius 2 is 2.20 bits per heavy atom. The highest BCUT2D eigenvalue weighted by Gasteiger charge is 2.28. The third-order valence-corrected chi connectivity index (χ3v) is 2.06. The van der Waals surface area contributed by atoms with E-state index in [-0.39, 0.29) is 4.47 Å². The molecule has 1 aromatic heterocycles. The molecule has 0 aromatic carbocycles. The molecule has 0 saturated heterocycles. The Hall–Kier alpha value is -1.12. The van der Waals surface area contributed by atoms with E-state index in [9.17, 15) is 23.3 Å². The van der Waals surface area contributed by atoms with Gasteiger partial charge in [-0.15, -0.1) is 0 Å². The summed E-state index contributed by atoms with van der Waals surface area (Å²) in [7, 11) is 0. The lowest BCUT2D eigenvalue weighted by Gasteiger charge is -2.02. The summed E-state index contributed by atoms with van der Waals surface area (Å²) in [5.74, 6) is -0.489. The zero-order chi connectivity index (χ0) is 11.6. The van der Waals surface area contributed by atoms with Crippen LogP contribution in [0.15, 0.2) is 10.7 Å². The SMILES string of the molecule is O=[N+]([O-])c1nn(CCC(F)(F)F)cc1Br. The molecular formula is C6H5BrF3N3O2. The Labute approximate surface area is 90.2 Å². The molecule has 5 nitrogen and oxygen atoms in total. The molecule has 0 aliphatic carbocycles. The Morgan fingerprint density at radius 1 is 1.60 bits per heavy atom. The number of halogens is 4. The van der Waals surface area contributed by atoms with Crippen LogP contribution in [-0.4, -0.2) is 20.9 Å². The van der Waals surface area contributed by atoms with Crippen molar-refractivity contribution < 1.29 is 18.1 Å². The molecule has 0 radical (unpaired) electrons. The zero-order valence-electron chi connectivity index (χ0n) is 7.16. The van der Waals surface area contributed by atoms with Gasteiger partial charge in [-0.1, -0.05) is 0 Å².